The van der Waals surface area contributed by atoms with Crippen molar-refractivity contribution in [2.75, 3.05) is 4.72 Å². The number of para-hydroxylation sites is 1. The first-order valence-electron chi connectivity index (χ1n) is 10.8. The molecule has 0 radical (unpaired) electrons. The maximum Gasteiger partial charge on any atom is 0.341 e. The zero-order valence-corrected chi connectivity index (χ0v) is 19.7. The maximum absolute atomic E-state index is 13.1. The summed E-state index contributed by atoms with van der Waals surface area (Å²) < 4.78 is 34.1. The molecule has 1 saturated carbocycles. The number of anilines is 1. The summed E-state index contributed by atoms with van der Waals surface area (Å²) in [5, 5.41) is 2.90. The minimum Gasteiger partial charge on any atom is -0.449 e. The van der Waals surface area contributed by atoms with E-state index < -0.39 is 22.1 Å². The van der Waals surface area contributed by atoms with Crippen molar-refractivity contribution in [3.05, 3.63) is 58.7 Å². The fourth-order valence-corrected chi connectivity index (χ4v) is 5.74. The average molecular weight is 459 g/mol. The predicted octanol–water partition coefficient (Wildman–Crippen LogP) is 4.02. The van der Waals surface area contributed by atoms with E-state index in [9.17, 15) is 18.0 Å². The normalized spacial score (nSPS) is 15.2. The predicted molar refractivity (Wildman–Crippen MR) is 123 cm³/mol. The van der Waals surface area contributed by atoms with Gasteiger partial charge in [-0.1, -0.05) is 42.7 Å². The third-order valence-electron chi connectivity index (χ3n) is 5.62. The van der Waals surface area contributed by atoms with Gasteiger partial charge in [-0.25, -0.2) is 13.2 Å². The smallest absolute Gasteiger partial charge is 0.341 e. The monoisotopic (exact) mass is 458 g/mol. The summed E-state index contributed by atoms with van der Waals surface area (Å²) in [7, 11) is -3.95. The molecule has 1 aliphatic carbocycles. The number of ether oxygens (including phenoxy) is 1. The van der Waals surface area contributed by atoms with Crippen LogP contribution in [0.1, 0.15) is 59.7 Å². The second-order valence-electron chi connectivity index (χ2n) is 8.42. The Morgan fingerprint density at radius 3 is 2.25 bits per heavy atom. The lowest BCUT2D eigenvalue weighted by Gasteiger charge is -2.19. The highest BCUT2D eigenvalue weighted by molar-refractivity contribution is 7.92. The molecule has 172 valence electrons. The Kier molecular flexibility index (Phi) is 7.23. The molecular weight excluding hydrogens is 428 g/mol. The van der Waals surface area contributed by atoms with Crippen LogP contribution < -0.4 is 10.0 Å². The molecule has 0 aliphatic heterocycles. The SMILES string of the molecule is Cc1cc(C)c(S(=O)(=O)Nc2ccccc2C(=O)OC(C)C(=O)NC2CCCC2)c(C)c1. The van der Waals surface area contributed by atoms with E-state index in [1.807, 2.05) is 6.92 Å². The second-order valence-corrected chi connectivity index (χ2v) is 10.0. The molecule has 0 aromatic heterocycles. The average Bonchev–Trinajstić information content (AvgIpc) is 3.19. The van der Waals surface area contributed by atoms with Gasteiger partial charge in [0.1, 0.15) is 0 Å². The number of aryl methyl sites for hydroxylation is 3. The Morgan fingerprint density at radius 1 is 1.03 bits per heavy atom. The summed E-state index contributed by atoms with van der Waals surface area (Å²) in [6, 6.07) is 9.91. The maximum atomic E-state index is 13.1. The number of hydrogen-bond donors (Lipinski definition) is 2. The van der Waals surface area contributed by atoms with Gasteiger partial charge in [-0.05, 0) is 63.8 Å². The number of hydrogen-bond acceptors (Lipinski definition) is 5. The second kappa shape index (κ2) is 9.73. The van der Waals surface area contributed by atoms with Crippen molar-refractivity contribution in [1.82, 2.24) is 5.32 Å². The highest BCUT2D eigenvalue weighted by atomic mass is 32.2. The van der Waals surface area contributed by atoms with Gasteiger partial charge in [0.05, 0.1) is 16.1 Å². The van der Waals surface area contributed by atoms with Crippen LogP contribution in [0.15, 0.2) is 41.3 Å². The van der Waals surface area contributed by atoms with Gasteiger partial charge in [0.15, 0.2) is 6.10 Å². The van der Waals surface area contributed by atoms with E-state index in [4.69, 9.17) is 4.74 Å². The molecule has 0 saturated heterocycles. The van der Waals surface area contributed by atoms with Crippen LogP contribution in [0.5, 0.6) is 0 Å². The van der Waals surface area contributed by atoms with Crippen LogP contribution in [0.4, 0.5) is 5.69 Å². The van der Waals surface area contributed by atoms with Gasteiger partial charge in [-0.15, -0.1) is 0 Å². The van der Waals surface area contributed by atoms with Crippen LogP contribution in [-0.4, -0.2) is 32.4 Å². The fraction of sp³-hybridized carbons (Fsp3) is 0.417. The lowest BCUT2D eigenvalue weighted by atomic mass is 10.1. The van der Waals surface area contributed by atoms with E-state index >= 15 is 0 Å². The lowest BCUT2D eigenvalue weighted by Crippen LogP contribution is -2.40. The molecular formula is C24H30N2O5S. The lowest BCUT2D eigenvalue weighted by molar-refractivity contribution is -0.129. The molecule has 0 bridgehead atoms. The molecule has 1 unspecified atom stereocenters. The van der Waals surface area contributed by atoms with Crippen molar-refractivity contribution >= 4 is 27.6 Å². The molecule has 7 nitrogen and oxygen atoms in total. The van der Waals surface area contributed by atoms with Crippen LogP contribution in [0.3, 0.4) is 0 Å². The quantitative estimate of drug-likeness (QED) is 0.610. The summed E-state index contributed by atoms with van der Waals surface area (Å²) in [6.45, 7) is 6.88. The van der Waals surface area contributed by atoms with Crippen LogP contribution in [0.25, 0.3) is 0 Å². The van der Waals surface area contributed by atoms with E-state index in [0.717, 1.165) is 31.2 Å². The molecule has 2 aromatic rings. The van der Waals surface area contributed by atoms with Gasteiger partial charge in [-0.2, -0.15) is 0 Å². The van der Waals surface area contributed by atoms with Crippen LogP contribution in [0.2, 0.25) is 0 Å². The van der Waals surface area contributed by atoms with Crippen molar-refractivity contribution in [3.63, 3.8) is 0 Å². The molecule has 0 spiro atoms. The van der Waals surface area contributed by atoms with Gasteiger partial charge >= 0.3 is 5.97 Å². The number of sulfonamides is 1. The van der Waals surface area contributed by atoms with Crippen molar-refractivity contribution in [1.29, 1.82) is 0 Å². The Bertz CT molecular complexity index is 1100. The van der Waals surface area contributed by atoms with E-state index in [1.54, 1.807) is 38.1 Å². The molecule has 3 rings (SSSR count). The topological polar surface area (TPSA) is 102 Å². The van der Waals surface area contributed by atoms with Crippen LogP contribution in [0, 0.1) is 20.8 Å². The van der Waals surface area contributed by atoms with Crippen molar-refractivity contribution in [3.8, 4) is 0 Å². The number of esters is 1. The van der Waals surface area contributed by atoms with Crippen LogP contribution >= 0.6 is 0 Å². The molecule has 8 heteroatoms. The first-order chi connectivity index (χ1) is 15.1. The molecule has 2 aromatic carbocycles. The Balaban J connectivity index is 1.78. The summed E-state index contributed by atoms with van der Waals surface area (Å²) in [6.07, 6.45) is 3.01. The minimum atomic E-state index is -3.95. The van der Waals surface area contributed by atoms with Gasteiger partial charge in [0.2, 0.25) is 0 Å². The van der Waals surface area contributed by atoms with E-state index in [1.165, 1.54) is 19.1 Å². The standard InChI is InChI=1S/C24H30N2O5S/c1-15-13-16(2)22(17(3)14-15)32(29,30)26-21-12-8-7-11-20(21)24(28)31-18(4)23(27)25-19-9-5-6-10-19/h7-8,11-14,18-19,26H,5-6,9-10H2,1-4H3,(H,25,27). The van der Waals surface area contributed by atoms with E-state index in [2.05, 4.69) is 10.0 Å². The van der Waals surface area contributed by atoms with Gasteiger partial charge < -0.3 is 10.1 Å². The zero-order chi connectivity index (χ0) is 23.5. The largest absolute Gasteiger partial charge is 0.449 e. The number of carbonyl (C=O) groups is 2. The number of nitrogens with one attached hydrogen (secondary N) is 2. The zero-order valence-electron chi connectivity index (χ0n) is 18.9. The van der Waals surface area contributed by atoms with E-state index in [0.29, 0.717) is 11.1 Å². The number of benzene rings is 2. The van der Waals surface area contributed by atoms with Gasteiger partial charge in [0.25, 0.3) is 15.9 Å². The number of amides is 1. The Morgan fingerprint density at radius 2 is 1.62 bits per heavy atom. The molecule has 32 heavy (non-hydrogen) atoms. The summed E-state index contributed by atoms with van der Waals surface area (Å²) >= 11 is 0. The van der Waals surface area contributed by atoms with Gasteiger partial charge in [0, 0.05) is 6.04 Å². The molecule has 1 amide bonds. The van der Waals surface area contributed by atoms with E-state index in [-0.39, 0.29) is 28.1 Å². The Labute approximate surface area is 189 Å². The first-order valence-corrected chi connectivity index (χ1v) is 12.3. The molecule has 0 heterocycles. The third-order valence-corrected chi connectivity index (χ3v) is 7.29. The first kappa shape index (κ1) is 23.8. The number of rotatable bonds is 7. The third kappa shape index (κ3) is 5.48. The summed E-state index contributed by atoms with van der Waals surface area (Å²) in [5.41, 5.74) is 2.34. The highest BCUT2D eigenvalue weighted by Gasteiger charge is 2.26. The minimum absolute atomic E-state index is 0.0407. The fourth-order valence-electron chi connectivity index (χ4n) is 4.20. The van der Waals surface area contributed by atoms with Crippen molar-refractivity contribution < 1.29 is 22.7 Å². The van der Waals surface area contributed by atoms with Gasteiger partial charge in [-0.3, -0.25) is 9.52 Å². The van der Waals surface area contributed by atoms with Crippen LogP contribution in [-0.2, 0) is 19.6 Å². The number of carbonyl (C=O) groups excluding carboxylic acids is 2. The van der Waals surface area contributed by atoms with Crippen molar-refractivity contribution in [2.45, 2.75) is 70.4 Å². The molecule has 1 aliphatic rings. The molecule has 1 atom stereocenters. The summed E-state index contributed by atoms with van der Waals surface area (Å²) in [4.78, 5) is 25.3. The molecule has 2 N–H and O–H groups in total. The Hall–Kier alpha value is -2.87. The molecule has 1 fully saturated rings. The summed E-state index contributed by atoms with van der Waals surface area (Å²) in [5.74, 6) is -1.12. The highest BCUT2D eigenvalue weighted by Crippen LogP contribution is 2.26. The van der Waals surface area contributed by atoms with Crippen molar-refractivity contribution in [2.24, 2.45) is 0 Å².